The lowest BCUT2D eigenvalue weighted by atomic mass is 9.90. The number of hydrogen-bond donors (Lipinski definition) is 1. The Balaban J connectivity index is 1.82. The molecular weight excluding hydrogens is 250 g/mol. The summed E-state index contributed by atoms with van der Waals surface area (Å²) in [7, 11) is 1.72. The molecule has 1 aliphatic carbocycles. The van der Waals surface area contributed by atoms with E-state index in [-0.39, 0.29) is 0 Å². The van der Waals surface area contributed by atoms with Crippen molar-refractivity contribution in [2.24, 2.45) is 5.92 Å². The van der Waals surface area contributed by atoms with Gasteiger partial charge < -0.3 is 14.8 Å². The maximum absolute atomic E-state index is 6.19. The van der Waals surface area contributed by atoms with Gasteiger partial charge in [0, 0.05) is 12.5 Å². The van der Waals surface area contributed by atoms with Gasteiger partial charge in [0.25, 0.3) is 0 Å². The molecule has 0 radical (unpaired) electrons. The monoisotopic (exact) mass is 275 g/mol. The summed E-state index contributed by atoms with van der Waals surface area (Å²) in [6, 6.07) is 6.45. The summed E-state index contributed by atoms with van der Waals surface area (Å²) in [5.74, 6) is 3.06. The summed E-state index contributed by atoms with van der Waals surface area (Å²) in [5.41, 5.74) is 1.37. The van der Waals surface area contributed by atoms with Crippen molar-refractivity contribution >= 4 is 0 Å². The Morgan fingerprint density at radius 1 is 1.10 bits per heavy atom. The second kappa shape index (κ2) is 6.04. The lowest BCUT2D eigenvalue weighted by molar-refractivity contribution is 0.200. The minimum atomic E-state index is 0.373. The highest BCUT2D eigenvalue weighted by atomic mass is 16.5. The minimum absolute atomic E-state index is 0.373. The molecule has 1 aliphatic heterocycles. The fourth-order valence-corrected chi connectivity index (χ4v) is 3.46. The van der Waals surface area contributed by atoms with Crippen molar-refractivity contribution in [3.63, 3.8) is 0 Å². The molecule has 2 aliphatic rings. The fraction of sp³-hybridized carbons (Fsp3) is 0.647. The van der Waals surface area contributed by atoms with Gasteiger partial charge in [-0.15, -0.1) is 0 Å². The third-order valence-corrected chi connectivity index (χ3v) is 4.73. The van der Waals surface area contributed by atoms with Gasteiger partial charge in [-0.3, -0.25) is 0 Å². The van der Waals surface area contributed by atoms with Crippen molar-refractivity contribution in [1.29, 1.82) is 0 Å². The van der Waals surface area contributed by atoms with Crippen LogP contribution >= 0.6 is 0 Å². The molecule has 1 saturated heterocycles. The molecule has 1 aromatic rings. The van der Waals surface area contributed by atoms with Gasteiger partial charge in [-0.2, -0.15) is 0 Å². The van der Waals surface area contributed by atoms with Crippen molar-refractivity contribution in [1.82, 2.24) is 5.32 Å². The molecular formula is C17H25NO2. The van der Waals surface area contributed by atoms with E-state index in [1.165, 1.54) is 31.2 Å². The van der Waals surface area contributed by atoms with Crippen LogP contribution in [0.4, 0.5) is 0 Å². The van der Waals surface area contributed by atoms with Crippen LogP contribution in [-0.4, -0.2) is 26.3 Å². The molecule has 3 rings (SSSR count). The summed E-state index contributed by atoms with van der Waals surface area (Å²) in [5, 5.41) is 3.47. The number of nitrogens with one attached hydrogen (secondary N) is 1. The van der Waals surface area contributed by atoms with Gasteiger partial charge in [-0.05, 0) is 55.8 Å². The second-order valence-electron chi connectivity index (χ2n) is 6.18. The molecule has 3 nitrogen and oxygen atoms in total. The normalized spacial score (nSPS) is 26.9. The number of hydrogen-bond acceptors (Lipinski definition) is 3. The van der Waals surface area contributed by atoms with E-state index in [4.69, 9.17) is 9.47 Å². The first kappa shape index (κ1) is 13.7. The van der Waals surface area contributed by atoms with Gasteiger partial charge in [0.15, 0.2) is 11.5 Å². The van der Waals surface area contributed by atoms with E-state index in [1.807, 2.05) is 0 Å². The van der Waals surface area contributed by atoms with Gasteiger partial charge in [0.1, 0.15) is 0 Å². The summed E-state index contributed by atoms with van der Waals surface area (Å²) < 4.78 is 11.6. The van der Waals surface area contributed by atoms with Crippen molar-refractivity contribution in [3.05, 3.63) is 23.8 Å². The van der Waals surface area contributed by atoms with Gasteiger partial charge in [-0.1, -0.05) is 13.0 Å². The zero-order valence-corrected chi connectivity index (χ0v) is 12.5. The smallest absolute Gasteiger partial charge is 0.161 e. The molecule has 0 amide bonds. The minimum Gasteiger partial charge on any atom is -0.493 e. The van der Waals surface area contributed by atoms with Crippen LogP contribution in [0.15, 0.2) is 18.2 Å². The third-order valence-electron chi connectivity index (χ3n) is 4.73. The van der Waals surface area contributed by atoms with E-state index in [1.54, 1.807) is 7.11 Å². The van der Waals surface area contributed by atoms with E-state index < -0.39 is 0 Å². The summed E-state index contributed by atoms with van der Waals surface area (Å²) in [4.78, 5) is 0. The molecule has 110 valence electrons. The van der Waals surface area contributed by atoms with E-state index in [2.05, 4.69) is 30.4 Å². The van der Waals surface area contributed by atoms with Crippen LogP contribution in [0.5, 0.6) is 11.5 Å². The van der Waals surface area contributed by atoms with Crippen LogP contribution in [-0.2, 0) is 0 Å². The Labute approximate surface area is 121 Å². The maximum atomic E-state index is 6.19. The zero-order valence-electron chi connectivity index (χ0n) is 12.5. The molecule has 0 bridgehead atoms. The number of rotatable bonds is 4. The van der Waals surface area contributed by atoms with Crippen LogP contribution in [0.25, 0.3) is 0 Å². The first-order valence-corrected chi connectivity index (χ1v) is 7.83. The SMILES string of the molecule is COc1ccc([C@@H]2CNC[C@@H]2C)cc1OC1CCCC1. The van der Waals surface area contributed by atoms with Gasteiger partial charge >= 0.3 is 0 Å². The summed E-state index contributed by atoms with van der Waals surface area (Å²) in [6.07, 6.45) is 5.30. The molecule has 0 unspecified atom stereocenters. The van der Waals surface area contributed by atoms with Crippen LogP contribution in [0.2, 0.25) is 0 Å². The van der Waals surface area contributed by atoms with Crippen LogP contribution in [0.1, 0.15) is 44.1 Å². The Morgan fingerprint density at radius 2 is 1.90 bits per heavy atom. The molecule has 2 fully saturated rings. The topological polar surface area (TPSA) is 30.5 Å². The number of methoxy groups -OCH3 is 1. The van der Waals surface area contributed by atoms with Crippen molar-refractivity contribution < 1.29 is 9.47 Å². The van der Waals surface area contributed by atoms with E-state index in [0.29, 0.717) is 17.9 Å². The molecule has 1 aromatic carbocycles. The highest BCUT2D eigenvalue weighted by Crippen LogP contribution is 2.36. The molecule has 1 heterocycles. The standard InChI is InChI=1S/C17H25NO2/c1-12-10-18-11-15(12)13-7-8-16(19-2)17(9-13)20-14-5-3-4-6-14/h7-9,12,14-15,18H,3-6,10-11H2,1-2H3/t12-,15+/m0/s1. The van der Waals surface area contributed by atoms with E-state index in [0.717, 1.165) is 24.6 Å². The van der Waals surface area contributed by atoms with Gasteiger partial charge in [-0.25, -0.2) is 0 Å². The van der Waals surface area contributed by atoms with Crippen LogP contribution < -0.4 is 14.8 Å². The Bertz CT molecular complexity index is 454. The maximum Gasteiger partial charge on any atom is 0.161 e. The van der Waals surface area contributed by atoms with Gasteiger partial charge in [0.05, 0.1) is 13.2 Å². The predicted molar refractivity (Wildman–Crippen MR) is 80.7 cm³/mol. The molecule has 1 saturated carbocycles. The number of ether oxygens (including phenoxy) is 2. The Hall–Kier alpha value is -1.22. The summed E-state index contributed by atoms with van der Waals surface area (Å²) in [6.45, 7) is 4.48. The van der Waals surface area contributed by atoms with Gasteiger partial charge in [0.2, 0.25) is 0 Å². The highest BCUT2D eigenvalue weighted by molar-refractivity contribution is 5.44. The first-order valence-electron chi connectivity index (χ1n) is 7.83. The van der Waals surface area contributed by atoms with E-state index in [9.17, 15) is 0 Å². The fourth-order valence-electron chi connectivity index (χ4n) is 3.46. The Morgan fingerprint density at radius 3 is 2.55 bits per heavy atom. The van der Waals surface area contributed by atoms with Crippen molar-refractivity contribution in [2.75, 3.05) is 20.2 Å². The molecule has 1 N–H and O–H groups in total. The van der Waals surface area contributed by atoms with Crippen molar-refractivity contribution in [2.45, 2.75) is 44.6 Å². The van der Waals surface area contributed by atoms with Crippen molar-refractivity contribution in [3.8, 4) is 11.5 Å². The lowest BCUT2D eigenvalue weighted by Crippen LogP contribution is -2.13. The molecule has 0 aromatic heterocycles. The average Bonchev–Trinajstić information content (AvgIpc) is 3.10. The third kappa shape index (κ3) is 2.78. The largest absolute Gasteiger partial charge is 0.493 e. The number of benzene rings is 1. The predicted octanol–water partition coefficient (Wildman–Crippen LogP) is 3.34. The molecule has 2 atom stereocenters. The first-order chi connectivity index (χ1) is 9.78. The molecule has 0 spiro atoms. The molecule has 20 heavy (non-hydrogen) atoms. The van der Waals surface area contributed by atoms with Crippen LogP contribution in [0.3, 0.4) is 0 Å². The lowest BCUT2D eigenvalue weighted by Gasteiger charge is -2.20. The zero-order chi connectivity index (χ0) is 13.9. The quantitative estimate of drug-likeness (QED) is 0.914. The summed E-state index contributed by atoms with van der Waals surface area (Å²) >= 11 is 0. The Kier molecular flexibility index (Phi) is 4.16. The van der Waals surface area contributed by atoms with Crippen LogP contribution in [0, 0.1) is 5.92 Å². The molecule has 3 heteroatoms. The second-order valence-corrected chi connectivity index (χ2v) is 6.18. The van der Waals surface area contributed by atoms with E-state index >= 15 is 0 Å². The average molecular weight is 275 g/mol. The highest BCUT2D eigenvalue weighted by Gasteiger charge is 2.26.